The van der Waals surface area contributed by atoms with Gasteiger partial charge in [-0.1, -0.05) is 12.2 Å². The zero-order valence-electron chi connectivity index (χ0n) is 13.1. The first-order chi connectivity index (χ1) is 10.4. The summed E-state index contributed by atoms with van der Waals surface area (Å²) in [6.45, 7) is 0.516. The van der Waals surface area contributed by atoms with Crippen molar-refractivity contribution in [1.29, 1.82) is 0 Å². The van der Waals surface area contributed by atoms with Gasteiger partial charge in [0.25, 0.3) is 5.91 Å². The van der Waals surface area contributed by atoms with E-state index >= 15 is 0 Å². The fourth-order valence-corrected chi connectivity index (χ4v) is 4.27. The molecule has 1 amide bonds. The van der Waals surface area contributed by atoms with Gasteiger partial charge in [0.2, 0.25) is 10.0 Å². The first-order valence-corrected chi connectivity index (χ1v) is 8.75. The number of carbonyl (C=O) groups excluding carboxylic acids is 1. The van der Waals surface area contributed by atoms with Crippen LogP contribution in [0.25, 0.3) is 0 Å². The number of ether oxygens (including phenoxy) is 1. The summed E-state index contributed by atoms with van der Waals surface area (Å²) in [6.07, 6.45) is 5.96. The molecule has 0 saturated carbocycles. The minimum absolute atomic E-state index is 0.149. The molecule has 8 heteroatoms. The summed E-state index contributed by atoms with van der Waals surface area (Å²) >= 11 is 0. The molecule has 1 heterocycles. The Morgan fingerprint density at radius 2 is 2.18 bits per heavy atom. The standard InChI is InChI=1S/C14H22N2O5S/c1-15(21-3)14(17)13(20-2)11-5-7-12(8-6-11)16-9-4-10-22(16,18)19/h5,7-8,11,13H,4,6,9-10H2,1-3H3. The maximum Gasteiger partial charge on any atom is 0.275 e. The fourth-order valence-electron chi connectivity index (χ4n) is 2.69. The van der Waals surface area contributed by atoms with Crippen LogP contribution in [0.2, 0.25) is 0 Å². The lowest BCUT2D eigenvalue weighted by Gasteiger charge is -2.28. The van der Waals surface area contributed by atoms with Crippen LogP contribution in [-0.2, 0) is 24.4 Å². The van der Waals surface area contributed by atoms with E-state index in [1.54, 1.807) is 6.08 Å². The third-order valence-electron chi connectivity index (χ3n) is 3.97. The molecule has 22 heavy (non-hydrogen) atoms. The molecule has 2 atom stereocenters. The van der Waals surface area contributed by atoms with Crippen LogP contribution in [0.3, 0.4) is 0 Å². The van der Waals surface area contributed by atoms with E-state index in [0.717, 1.165) is 5.06 Å². The van der Waals surface area contributed by atoms with Gasteiger partial charge in [-0.25, -0.2) is 13.5 Å². The van der Waals surface area contributed by atoms with E-state index in [0.29, 0.717) is 25.1 Å². The molecule has 0 N–H and O–H groups in total. The smallest absolute Gasteiger partial charge is 0.275 e. The Bertz CT molecular complexity index is 584. The van der Waals surface area contributed by atoms with Gasteiger partial charge in [-0.3, -0.25) is 13.9 Å². The number of rotatable bonds is 5. The molecular formula is C14H22N2O5S. The van der Waals surface area contributed by atoms with Gasteiger partial charge in [0.05, 0.1) is 12.9 Å². The van der Waals surface area contributed by atoms with Crippen molar-refractivity contribution in [2.45, 2.75) is 18.9 Å². The van der Waals surface area contributed by atoms with Crippen LogP contribution < -0.4 is 0 Å². The number of hydrogen-bond donors (Lipinski definition) is 0. The Hall–Kier alpha value is -1.38. The molecule has 1 aliphatic carbocycles. The minimum atomic E-state index is -3.18. The lowest BCUT2D eigenvalue weighted by Crippen LogP contribution is -2.41. The number of allylic oxidation sites excluding steroid dienone is 2. The second-order valence-corrected chi connectivity index (χ2v) is 7.32. The molecule has 124 valence electrons. The van der Waals surface area contributed by atoms with Gasteiger partial charge in [0.15, 0.2) is 0 Å². The van der Waals surface area contributed by atoms with Gasteiger partial charge in [-0.15, -0.1) is 0 Å². The summed E-state index contributed by atoms with van der Waals surface area (Å²) in [7, 11) is 1.24. The van der Waals surface area contributed by atoms with Gasteiger partial charge in [-0.05, 0) is 18.9 Å². The lowest BCUT2D eigenvalue weighted by molar-refractivity contribution is -0.181. The average molecular weight is 330 g/mol. The maximum absolute atomic E-state index is 12.2. The van der Waals surface area contributed by atoms with Crippen LogP contribution in [0.5, 0.6) is 0 Å². The van der Waals surface area contributed by atoms with Crippen molar-refractivity contribution in [3.05, 3.63) is 23.9 Å². The number of methoxy groups -OCH3 is 1. The quantitative estimate of drug-likeness (QED) is 0.687. The normalized spacial score (nSPS) is 25.0. The molecule has 1 saturated heterocycles. The van der Waals surface area contributed by atoms with Crippen LogP contribution in [0, 0.1) is 5.92 Å². The number of amides is 1. The van der Waals surface area contributed by atoms with Crippen molar-refractivity contribution < 1.29 is 22.8 Å². The molecule has 1 fully saturated rings. The van der Waals surface area contributed by atoms with Gasteiger partial charge in [-0.2, -0.15) is 0 Å². The predicted octanol–water partition coefficient (Wildman–Crippen LogP) is 0.517. The van der Waals surface area contributed by atoms with Gasteiger partial charge in [0.1, 0.15) is 6.10 Å². The fraction of sp³-hybridized carbons (Fsp3) is 0.643. The lowest BCUT2D eigenvalue weighted by atomic mass is 9.93. The molecule has 1 aliphatic heterocycles. The Labute approximate surface area is 131 Å². The van der Waals surface area contributed by atoms with Gasteiger partial charge < -0.3 is 4.74 Å². The SMILES string of the molecule is COC(C(=O)N(C)OC)C1C=CC(N2CCCS2(=O)=O)=CC1. The van der Waals surface area contributed by atoms with Crippen molar-refractivity contribution in [3.63, 3.8) is 0 Å². The monoisotopic (exact) mass is 330 g/mol. The molecule has 0 aromatic heterocycles. The Morgan fingerprint density at radius 1 is 1.45 bits per heavy atom. The number of sulfonamides is 1. The van der Waals surface area contributed by atoms with Crippen LogP contribution >= 0.6 is 0 Å². The number of hydroxylamine groups is 2. The number of likely N-dealkylation sites (N-methyl/N-ethyl adjacent to an activating group) is 1. The van der Waals surface area contributed by atoms with Crippen molar-refractivity contribution in [2.24, 2.45) is 5.92 Å². The maximum atomic E-state index is 12.2. The molecule has 0 aromatic rings. The topological polar surface area (TPSA) is 76.2 Å². The summed E-state index contributed by atoms with van der Waals surface area (Å²) in [6, 6.07) is 0. The van der Waals surface area contributed by atoms with Crippen molar-refractivity contribution in [1.82, 2.24) is 9.37 Å². The summed E-state index contributed by atoms with van der Waals surface area (Å²) < 4.78 is 30.6. The van der Waals surface area contributed by atoms with Gasteiger partial charge >= 0.3 is 0 Å². The van der Waals surface area contributed by atoms with E-state index < -0.39 is 16.1 Å². The summed E-state index contributed by atoms with van der Waals surface area (Å²) in [5.74, 6) is -0.228. The summed E-state index contributed by atoms with van der Waals surface area (Å²) in [5, 5.41) is 1.13. The van der Waals surface area contributed by atoms with Crippen LogP contribution in [0.15, 0.2) is 23.9 Å². The highest BCUT2D eigenvalue weighted by molar-refractivity contribution is 7.89. The first-order valence-electron chi connectivity index (χ1n) is 7.14. The molecule has 7 nitrogen and oxygen atoms in total. The Balaban J connectivity index is 2.07. The summed E-state index contributed by atoms with van der Waals surface area (Å²) in [5.41, 5.74) is 0.677. The largest absolute Gasteiger partial charge is 0.371 e. The van der Waals surface area contributed by atoms with Crippen molar-refractivity contribution in [3.8, 4) is 0 Å². The van der Waals surface area contributed by atoms with Crippen LogP contribution in [-0.4, -0.2) is 63.4 Å². The third kappa shape index (κ3) is 3.34. The molecule has 0 radical (unpaired) electrons. The van der Waals surface area contributed by atoms with E-state index in [2.05, 4.69) is 0 Å². The zero-order chi connectivity index (χ0) is 16.3. The third-order valence-corrected chi connectivity index (χ3v) is 5.84. The highest BCUT2D eigenvalue weighted by Gasteiger charge is 2.33. The number of nitrogens with zero attached hydrogens (tertiary/aromatic N) is 2. The molecule has 0 spiro atoms. The first kappa shape index (κ1) is 17.0. The number of carbonyl (C=O) groups is 1. The van der Waals surface area contributed by atoms with E-state index in [9.17, 15) is 13.2 Å². The van der Waals surface area contributed by atoms with E-state index in [-0.39, 0.29) is 17.6 Å². The summed E-state index contributed by atoms with van der Waals surface area (Å²) in [4.78, 5) is 17.1. The van der Waals surface area contributed by atoms with E-state index in [4.69, 9.17) is 9.57 Å². The van der Waals surface area contributed by atoms with Crippen LogP contribution in [0.4, 0.5) is 0 Å². The average Bonchev–Trinajstić information content (AvgIpc) is 2.87. The van der Waals surface area contributed by atoms with E-state index in [1.807, 2.05) is 12.2 Å². The number of hydrogen-bond acceptors (Lipinski definition) is 5. The predicted molar refractivity (Wildman–Crippen MR) is 81.0 cm³/mol. The molecular weight excluding hydrogens is 308 g/mol. The molecule has 2 rings (SSSR count). The highest BCUT2D eigenvalue weighted by Crippen LogP contribution is 2.28. The van der Waals surface area contributed by atoms with Gasteiger partial charge in [0, 0.05) is 32.3 Å². The molecule has 0 aromatic carbocycles. The molecule has 0 bridgehead atoms. The Kier molecular flexibility index (Phi) is 5.25. The van der Waals surface area contributed by atoms with E-state index in [1.165, 1.54) is 25.6 Å². The van der Waals surface area contributed by atoms with Crippen molar-refractivity contribution in [2.75, 3.05) is 33.6 Å². The Morgan fingerprint density at radius 3 is 2.64 bits per heavy atom. The van der Waals surface area contributed by atoms with Crippen molar-refractivity contribution >= 4 is 15.9 Å². The molecule has 2 aliphatic rings. The second-order valence-electron chi connectivity index (χ2n) is 5.30. The minimum Gasteiger partial charge on any atom is -0.371 e. The van der Waals surface area contributed by atoms with Crippen LogP contribution in [0.1, 0.15) is 12.8 Å². The highest BCUT2D eigenvalue weighted by atomic mass is 32.2. The zero-order valence-corrected chi connectivity index (χ0v) is 13.9. The molecule has 2 unspecified atom stereocenters. The second kappa shape index (κ2) is 6.80.